The average Bonchev–Trinajstić information content (AvgIpc) is 3.62. The summed E-state index contributed by atoms with van der Waals surface area (Å²) in [6.45, 7) is 3.08. The molecule has 2 aromatic heterocycles. The van der Waals surface area contributed by atoms with Crippen LogP contribution in [-0.2, 0) is 21.7 Å². The third kappa shape index (κ3) is 3.12. The van der Waals surface area contributed by atoms with Crippen LogP contribution in [0, 0.1) is 0 Å². The lowest BCUT2D eigenvalue weighted by Crippen LogP contribution is -2.62. The van der Waals surface area contributed by atoms with Crippen LogP contribution in [0.5, 0.6) is 5.75 Å². The Hall–Kier alpha value is -3.21. The summed E-state index contributed by atoms with van der Waals surface area (Å²) in [7, 11) is 3.68. The van der Waals surface area contributed by atoms with Crippen LogP contribution in [0.15, 0.2) is 65.5 Å². The zero-order valence-electron chi connectivity index (χ0n) is 20.7. The van der Waals surface area contributed by atoms with Crippen LogP contribution in [-0.4, -0.2) is 62.9 Å². The number of amides is 2. The number of carbonyl (C=O) groups is 2. The molecule has 0 saturated carbocycles. The van der Waals surface area contributed by atoms with Gasteiger partial charge in [0.05, 0.1) is 19.4 Å². The van der Waals surface area contributed by atoms with E-state index < -0.39 is 10.3 Å². The molecule has 5 heterocycles. The van der Waals surface area contributed by atoms with Crippen molar-refractivity contribution >= 4 is 45.8 Å². The van der Waals surface area contributed by atoms with Crippen molar-refractivity contribution in [3.63, 3.8) is 0 Å². The fraction of sp³-hybridized carbons (Fsp3) is 0.333. The summed E-state index contributed by atoms with van der Waals surface area (Å²) in [6.07, 6.45) is 5.07. The zero-order valence-corrected chi connectivity index (χ0v) is 22.3. The Morgan fingerprint density at radius 1 is 1.19 bits per heavy atom. The van der Waals surface area contributed by atoms with E-state index in [9.17, 15) is 9.59 Å². The number of thioether (sulfide) groups is 1. The number of likely N-dealkylation sites (tertiary alicyclic amines) is 1. The Bertz CT molecular complexity index is 1400. The molecule has 3 aliphatic heterocycles. The average molecular weight is 535 g/mol. The van der Waals surface area contributed by atoms with Crippen LogP contribution >= 0.6 is 24.0 Å². The molecule has 10 heteroatoms. The molecule has 0 N–H and O–H groups in total. The van der Waals surface area contributed by atoms with Gasteiger partial charge >= 0.3 is 0 Å². The predicted octanol–water partition coefficient (Wildman–Crippen LogP) is 3.77. The Balaban J connectivity index is 1.61. The number of ether oxygens (including phenoxy) is 1. The number of hydrogen-bond donors (Lipinski definition) is 0. The fourth-order valence-electron chi connectivity index (χ4n) is 6.21. The summed E-state index contributed by atoms with van der Waals surface area (Å²) in [5, 5.41) is 0. The molecule has 0 bridgehead atoms. The van der Waals surface area contributed by atoms with Gasteiger partial charge in [-0.15, -0.1) is 0 Å². The largest absolute Gasteiger partial charge is 0.494 e. The minimum atomic E-state index is -1.30. The van der Waals surface area contributed by atoms with E-state index in [0.717, 1.165) is 16.8 Å². The van der Waals surface area contributed by atoms with E-state index >= 15 is 0 Å². The molecule has 0 radical (unpaired) electrons. The first-order chi connectivity index (χ1) is 17.9. The van der Waals surface area contributed by atoms with Gasteiger partial charge in [-0.2, -0.15) is 0 Å². The van der Waals surface area contributed by atoms with Crippen LogP contribution in [0.4, 0.5) is 5.69 Å². The first-order valence-electron chi connectivity index (χ1n) is 12.1. The topological polar surface area (TPSA) is 79.1 Å². The predicted molar refractivity (Wildman–Crippen MR) is 144 cm³/mol. The van der Waals surface area contributed by atoms with Gasteiger partial charge in [0, 0.05) is 43.2 Å². The number of nitrogens with zero attached hydrogens (tertiary/aromatic N) is 4. The molecule has 3 aliphatic rings. The van der Waals surface area contributed by atoms with Gasteiger partial charge in [0.2, 0.25) is 5.91 Å². The van der Waals surface area contributed by atoms with Crippen molar-refractivity contribution in [3.05, 3.63) is 78.0 Å². The smallest absolute Gasteiger partial charge is 0.254 e. The van der Waals surface area contributed by atoms with E-state index in [1.165, 1.54) is 11.8 Å². The number of benzene rings is 1. The highest BCUT2D eigenvalue weighted by Crippen LogP contribution is 2.66. The second kappa shape index (κ2) is 8.68. The minimum absolute atomic E-state index is 0.159. The zero-order chi connectivity index (χ0) is 25.9. The maximum Gasteiger partial charge on any atom is 0.254 e. The summed E-state index contributed by atoms with van der Waals surface area (Å²) in [4.78, 5) is 38.8. The summed E-state index contributed by atoms with van der Waals surface area (Å²) < 4.78 is 10.6. The molecule has 3 atom stereocenters. The molecular weight excluding hydrogens is 508 g/mol. The number of thiocarbonyl (C=S) groups is 1. The number of likely N-dealkylation sites (N-methyl/N-ethyl adjacent to an activating group) is 2. The molecule has 1 aromatic carbocycles. The molecule has 8 nitrogen and oxygen atoms in total. The van der Waals surface area contributed by atoms with Gasteiger partial charge in [0.25, 0.3) is 5.91 Å². The van der Waals surface area contributed by atoms with Gasteiger partial charge in [-0.3, -0.25) is 24.4 Å². The standard InChI is InChI=1S/C27H26N4O4S2/c1-4-34-18-9-10-22-20(13-18)26(23(32)30(22)3)27(21(16-29(26)2)17-7-5-11-28-14-17)24(33)31(25(36)37-27)15-19-8-6-12-35-19/h5-14,21H,4,15-16H2,1-3H3/t21-,26-,27+/m1/s1. The SMILES string of the molecule is CCOc1ccc2c(c1)[C@]1(C(=O)N2C)N(C)C[C@H](c2cccnc2)[C@@]12SC(=S)N(Cc1ccco1)C2=O. The number of anilines is 1. The quantitative estimate of drug-likeness (QED) is 0.458. The Morgan fingerprint density at radius 2 is 2.03 bits per heavy atom. The Labute approximate surface area is 224 Å². The summed E-state index contributed by atoms with van der Waals surface area (Å²) >= 11 is 7.15. The lowest BCUT2D eigenvalue weighted by molar-refractivity contribution is -0.139. The number of furan rings is 1. The van der Waals surface area contributed by atoms with Crippen molar-refractivity contribution in [3.8, 4) is 5.75 Å². The fourth-order valence-corrected chi connectivity index (χ4v) is 8.34. The van der Waals surface area contributed by atoms with E-state index in [2.05, 4.69) is 4.98 Å². The highest BCUT2D eigenvalue weighted by Gasteiger charge is 2.78. The van der Waals surface area contributed by atoms with Crippen LogP contribution in [0.3, 0.4) is 0 Å². The molecule has 37 heavy (non-hydrogen) atoms. The third-order valence-electron chi connectivity index (χ3n) is 7.71. The number of pyridine rings is 1. The molecule has 3 aromatic rings. The van der Waals surface area contributed by atoms with E-state index in [1.807, 2.05) is 55.3 Å². The van der Waals surface area contributed by atoms with Crippen molar-refractivity contribution in [2.75, 3.05) is 32.1 Å². The van der Waals surface area contributed by atoms with Crippen molar-refractivity contribution in [1.82, 2.24) is 14.8 Å². The lowest BCUT2D eigenvalue weighted by Gasteiger charge is -2.42. The van der Waals surface area contributed by atoms with Crippen molar-refractivity contribution in [1.29, 1.82) is 0 Å². The summed E-state index contributed by atoms with van der Waals surface area (Å²) in [5.41, 5.74) is 1.10. The number of carbonyl (C=O) groups excluding carboxylic acids is 2. The number of rotatable bonds is 5. The first-order valence-corrected chi connectivity index (χ1v) is 13.3. The van der Waals surface area contributed by atoms with Crippen molar-refractivity contribution in [2.24, 2.45) is 0 Å². The molecule has 190 valence electrons. The van der Waals surface area contributed by atoms with Gasteiger partial charge in [-0.05, 0) is 55.9 Å². The maximum atomic E-state index is 14.8. The molecule has 0 aliphatic carbocycles. The van der Waals surface area contributed by atoms with Crippen molar-refractivity contribution in [2.45, 2.75) is 29.7 Å². The molecule has 6 rings (SSSR count). The van der Waals surface area contributed by atoms with Crippen LogP contribution < -0.4 is 9.64 Å². The molecule has 2 fully saturated rings. The lowest BCUT2D eigenvalue weighted by atomic mass is 9.72. The molecule has 2 amide bonds. The Kier molecular flexibility index (Phi) is 5.66. The summed E-state index contributed by atoms with van der Waals surface area (Å²) in [6, 6.07) is 13.1. The van der Waals surface area contributed by atoms with Gasteiger partial charge in [-0.25, -0.2) is 0 Å². The molecular formula is C27H26N4O4S2. The number of aromatic nitrogens is 1. The molecule has 0 unspecified atom stereocenters. The van der Waals surface area contributed by atoms with Gasteiger partial charge in [0.15, 0.2) is 5.54 Å². The van der Waals surface area contributed by atoms with Gasteiger partial charge < -0.3 is 14.1 Å². The number of hydrogen-bond acceptors (Lipinski definition) is 8. The molecule has 2 saturated heterocycles. The van der Waals surface area contributed by atoms with Crippen LogP contribution in [0.25, 0.3) is 0 Å². The summed E-state index contributed by atoms with van der Waals surface area (Å²) in [5.74, 6) is 0.576. The van der Waals surface area contributed by atoms with Gasteiger partial charge in [-0.1, -0.05) is 30.0 Å². The third-order valence-corrected chi connectivity index (χ3v) is 9.66. The first kappa shape index (κ1) is 24.1. The van der Waals surface area contributed by atoms with E-state index in [4.69, 9.17) is 21.4 Å². The molecule has 2 spiro atoms. The van der Waals surface area contributed by atoms with E-state index in [-0.39, 0.29) is 24.3 Å². The van der Waals surface area contributed by atoms with Gasteiger partial charge in [0.1, 0.15) is 20.6 Å². The maximum absolute atomic E-state index is 14.8. The van der Waals surface area contributed by atoms with Crippen molar-refractivity contribution < 1.29 is 18.7 Å². The second-order valence-electron chi connectivity index (χ2n) is 9.48. The van der Waals surface area contributed by atoms with E-state index in [0.29, 0.717) is 29.0 Å². The Morgan fingerprint density at radius 3 is 2.73 bits per heavy atom. The minimum Gasteiger partial charge on any atom is -0.494 e. The number of fused-ring (bicyclic) bond motifs is 3. The second-order valence-corrected chi connectivity index (χ2v) is 11.4. The van der Waals surface area contributed by atoms with Crippen LogP contribution in [0.2, 0.25) is 0 Å². The highest BCUT2D eigenvalue weighted by molar-refractivity contribution is 8.25. The highest BCUT2D eigenvalue weighted by atomic mass is 32.2. The monoisotopic (exact) mass is 534 g/mol. The van der Waals surface area contributed by atoms with E-state index in [1.54, 1.807) is 41.6 Å². The van der Waals surface area contributed by atoms with Crippen LogP contribution in [0.1, 0.15) is 29.7 Å². The normalized spacial score (nSPS) is 27.2.